The number of nitrogens with two attached hydrogens (primary N) is 1. The fourth-order valence-electron chi connectivity index (χ4n) is 5.12. The van der Waals surface area contributed by atoms with Gasteiger partial charge in [0.25, 0.3) is 11.8 Å². The smallest absolute Gasteiger partial charge is 0.322 e. The number of aromatic nitrogens is 3. The van der Waals surface area contributed by atoms with Gasteiger partial charge in [-0.3, -0.25) is 19.1 Å². The van der Waals surface area contributed by atoms with E-state index in [9.17, 15) is 32.3 Å². The lowest BCUT2D eigenvalue weighted by atomic mass is 10.1. The topological polar surface area (TPSA) is 156 Å². The van der Waals surface area contributed by atoms with Crippen molar-refractivity contribution in [2.45, 2.75) is 43.9 Å². The van der Waals surface area contributed by atoms with Crippen LogP contribution in [0.1, 0.15) is 29.8 Å². The molecule has 1 aromatic carbocycles. The van der Waals surface area contributed by atoms with Crippen molar-refractivity contribution in [1.29, 1.82) is 0 Å². The van der Waals surface area contributed by atoms with E-state index < -0.39 is 55.0 Å². The summed E-state index contributed by atoms with van der Waals surface area (Å²) in [6.45, 7) is -1.28. The van der Waals surface area contributed by atoms with Gasteiger partial charge in [-0.15, -0.1) is 0 Å². The maximum atomic E-state index is 14.4. The second-order valence-corrected chi connectivity index (χ2v) is 11.0. The fraction of sp³-hybridized carbons (Fsp3) is 0.385. The lowest BCUT2D eigenvalue weighted by Gasteiger charge is -2.32. The number of likely N-dealkylation sites (tertiary alicyclic amines) is 2. The largest absolute Gasteiger partial charge is 0.364 e. The molecule has 4 N–H and O–H groups in total. The van der Waals surface area contributed by atoms with Crippen LogP contribution < -0.4 is 16.4 Å². The van der Waals surface area contributed by atoms with E-state index in [0.717, 1.165) is 9.80 Å². The summed E-state index contributed by atoms with van der Waals surface area (Å²) < 4.78 is 43.6. The Morgan fingerprint density at radius 3 is 2.64 bits per heavy atom. The normalized spacial score (nSPS) is 20.0. The van der Waals surface area contributed by atoms with E-state index in [1.54, 1.807) is 18.2 Å². The molecule has 2 fully saturated rings. The molecule has 42 heavy (non-hydrogen) atoms. The molecule has 222 valence electrons. The van der Waals surface area contributed by atoms with Gasteiger partial charge in [-0.2, -0.15) is 5.10 Å². The van der Waals surface area contributed by atoms with Crippen LogP contribution in [-0.4, -0.2) is 86.1 Å². The molecule has 0 saturated carbocycles. The van der Waals surface area contributed by atoms with Crippen molar-refractivity contribution in [3.63, 3.8) is 0 Å². The van der Waals surface area contributed by atoms with Crippen molar-refractivity contribution in [3.05, 3.63) is 46.7 Å². The molecule has 5 rings (SSSR count). The van der Waals surface area contributed by atoms with Crippen molar-refractivity contribution in [1.82, 2.24) is 24.6 Å². The number of hydrogen-bond acceptors (Lipinski definition) is 6. The Morgan fingerprint density at radius 2 is 1.93 bits per heavy atom. The molecule has 0 radical (unpaired) electrons. The number of alkyl halides is 3. The van der Waals surface area contributed by atoms with Crippen LogP contribution in [0.15, 0.2) is 41.0 Å². The number of anilines is 2. The predicted octanol–water partition coefficient (Wildman–Crippen LogP) is 3.13. The third kappa shape index (κ3) is 6.32. The highest BCUT2D eigenvalue weighted by Gasteiger charge is 2.40. The summed E-state index contributed by atoms with van der Waals surface area (Å²) >= 11 is 3.21. The number of rotatable bonds is 6. The van der Waals surface area contributed by atoms with Gasteiger partial charge >= 0.3 is 6.03 Å². The number of carbonyl (C=O) groups is 4. The molecule has 2 saturated heterocycles. The number of fused-ring (bicyclic) bond motifs is 1. The summed E-state index contributed by atoms with van der Waals surface area (Å²) in [5.74, 6) is -4.89. The number of piperidine rings is 1. The monoisotopic (exact) mass is 650 g/mol. The molecule has 2 atom stereocenters. The minimum atomic E-state index is -2.97. The van der Waals surface area contributed by atoms with Gasteiger partial charge in [0.05, 0.1) is 18.6 Å². The van der Waals surface area contributed by atoms with Crippen molar-refractivity contribution < 1.29 is 32.3 Å². The number of urea groups is 1. The van der Waals surface area contributed by atoms with Crippen LogP contribution in [0.4, 0.5) is 29.5 Å². The van der Waals surface area contributed by atoms with E-state index >= 15 is 0 Å². The van der Waals surface area contributed by atoms with Gasteiger partial charge in [-0.25, -0.2) is 22.9 Å². The number of nitrogens with one attached hydrogen (secondary N) is 2. The van der Waals surface area contributed by atoms with E-state index in [4.69, 9.17) is 5.73 Å². The number of amides is 5. The van der Waals surface area contributed by atoms with Crippen LogP contribution in [-0.2, 0) is 16.1 Å². The van der Waals surface area contributed by atoms with Crippen molar-refractivity contribution in [3.8, 4) is 0 Å². The minimum Gasteiger partial charge on any atom is -0.364 e. The number of hydrogen-bond donors (Lipinski definition) is 3. The number of benzene rings is 1. The fourth-order valence-corrected chi connectivity index (χ4v) is 5.46. The molecule has 12 nitrogen and oxygen atoms in total. The zero-order valence-electron chi connectivity index (χ0n) is 22.0. The van der Waals surface area contributed by atoms with Gasteiger partial charge in [0.2, 0.25) is 11.8 Å². The molecule has 4 heterocycles. The van der Waals surface area contributed by atoms with Crippen LogP contribution in [0.5, 0.6) is 0 Å². The number of primary amides is 1. The van der Waals surface area contributed by atoms with E-state index in [0.29, 0.717) is 10.1 Å². The Bertz CT molecular complexity index is 1570. The van der Waals surface area contributed by atoms with Gasteiger partial charge in [0.1, 0.15) is 29.2 Å². The average Bonchev–Trinajstić information content (AvgIpc) is 3.48. The molecule has 2 aromatic heterocycles. The van der Waals surface area contributed by atoms with E-state index in [2.05, 4.69) is 36.6 Å². The highest BCUT2D eigenvalue weighted by molar-refractivity contribution is 9.10. The van der Waals surface area contributed by atoms with Crippen LogP contribution in [0.3, 0.4) is 0 Å². The standard InChI is InChI=1S/C26H26BrF3N8O4/c27-19-3-1-4-20(33-19)34-24(41)18-9-14(28)11-37(18)21(39)12-38-17-6-5-15(10-16(17)22(35-38)23(31)40)32-25(42)36-8-2-7-26(29,30)13-36/h1,3-6,10,14,18H,2,7-9,11-13H2,(H2,31,40)(H,32,42)(H,33,34,41). The number of pyridine rings is 1. The molecule has 2 aliphatic rings. The van der Waals surface area contributed by atoms with Crippen LogP contribution in [0.2, 0.25) is 0 Å². The Hall–Kier alpha value is -4.21. The summed E-state index contributed by atoms with van der Waals surface area (Å²) in [7, 11) is 0. The van der Waals surface area contributed by atoms with E-state index in [-0.39, 0.29) is 54.9 Å². The quantitative estimate of drug-likeness (QED) is 0.348. The predicted molar refractivity (Wildman–Crippen MR) is 149 cm³/mol. The Labute approximate surface area is 245 Å². The average molecular weight is 651 g/mol. The summed E-state index contributed by atoms with van der Waals surface area (Å²) in [5, 5.41) is 9.50. The first-order valence-electron chi connectivity index (χ1n) is 13.0. The molecular weight excluding hydrogens is 625 g/mol. The highest BCUT2D eigenvalue weighted by atomic mass is 79.9. The first kappa shape index (κ1) is 29.3. The Morgan fingerprint density at radius 1 is 1.14 bits per heavy atom. The van der Waals surface area contributed by atoms with E-state index in [1.165, 1.54) is 22.9 Å². The molecule has 0 aliphatic carbocycles. The lowest BCUT2D eigenvalue weighted by molar-refractivity contribution is -0.137. The first-order chi connectivity index (χ1) is 19.9. The second kappa shape index (κ2) is 11.6. The maximum absolute atomic E-state index is 14.4. The summed E-state index contributed by atoms with van der Waals surface area (Å²) in [5.41, 5.74) is 5.81. The SMILES string of the molecule is NC(=O)c1nn(CC(=O)N2CC(F)CC2C(=O)Nc2cccc(Br)n2)c2ccc(NC(=O)N3CCCC(F)(F)C3)cc12. The van der Waals surface area contributed by atoms with Gasteiger partial charge in [0, 0.05) is 30.5 Å². The molecule has 2 unspecified atom stereocenters. The van der Waals surface area contributed by atoms with Gasteiger partial charge in [-0.05, 0) is 52.7 Å². The van der Waals surface area contributed by atoms with Crippen molar-refractivity contribution in [2.24, 2.45) is 5.73 Å². The molecule has 3 aromatic rings. The van der Waals surface area contributed by atoms with E-state index in [1.807, 2.05) is 0 Å². The molecule has 2 aliphatic heterocycles. The number of halogens is 4. The highest BCUT2D eigenvalue weighted by Crippen LogP contribution is 2.28. The summed E-state index contributed by atoms with van der Waals surface area (Å²) in [6, 6.07) is 7.39. The number of nitrogens with zero attached hydrogens (tertiary/aromatic N) is 5. The Balaban J connectivity index is 1.34. The van der Waals surface area contributed by atoms with Crippen LogP contribution in [0.25, 0.3) is 10.9 Å². The maximum Gasteiger partial charge on any atom is 0.322 e. The zero-order valence-corrected chi connectivity index (χ0v) is 23.6. The van der Waals surface area contributed by atoms with Crippen molar-refractivity contribution >= 4 is 62.1 Å². The van der Waals surface area contributed by atoms with Crippen LogP contribution in [0, 0.1) is 0 Å². The summed E-state index contributed by atoms with van der Waals surface area (Å²) in [4.78, 5) is 57.2. The molecule has 16 heteroatoms. The van der Waals surface area contributed by atoms with Gasteiger partial charge in [-0.1, -0.05) is 6.07 Å². The third-order valence-electron chi connectivity index (χ3n) is 7.04. The van der Waals surface area contributed by atoms with Gasteiger partial charge in [0.15, 0.2) is 5.69 Å². The lowest BCUT2D eigenvalue weighted by Crippen LogP contribution is -2.47. The zero-order chi connectivity index (χ0) is 30.2. The second-order valence-electron chi connectivity index (χ2n) is 10.1. The minimum absolute atomic E-state index is 0.162. The molecule has 5 amide bonds. The molecule has 0 bridgehead atoms. The first-order valence-corrected chi connectivity index (χ1v) is 13.8. The third-order valence-corrected chi connectivity index (χ3v) is 7.48. The van der Waals surface area contributed by atoms with Crippen LogP contribution >= 0.6 is 15.9 Å². The molecule has 0 spiro atoms. The Kier molecular flexibility index (Phi) is 8.08. The number of carbonyl (C=O) groups excluding carboxylic acids is 4. The molecular formula is C26H26BrF3N8O4. The summed E-state index contributed by atoms with van der Waals surface area (Å²) in [6.07, 6.45) is -1.76. The van der Waals surface area contributed by atoms with Gasteiger partial charge < -0.3 is 26.2 Å². The van der Waals surface area contributed by atoms with Crippen molar-refractivity contribution in [2.75, 3.05) is 30.3 Å².